The van der Waals surface area contributed by atoms with Crippen LogP contribution in [0.5, 0.6) is 17.2 Å². The Bertz CT molecular complexity index is 1060. The van der Waals surface area contributed by atoms with Gasteiger partial charge in [0.05, 0.1) is 44.6 Å². The second-order valence-electron chi connectivity index (χ2n) is 7.06. The summed E-state index contributed by atoms with van der Waals surface area (Å²) in [5.74, 6) is 3.99. The summed E-state index contributed by atoms with van der Waals surface area (Å²) in [5.41, 5.74) is 4.08. The predicted molar refractivity (Wildman–Crippen MR) is 142 cm³/mol. The van der Waals surface area contributed by atoms with E-state index in [4.69, 9.17) is 59.0 Å². The summed E-state index contributed by atoms with van der Waals surface area (Å²) in [4.78, 5) is 0. The molecule has 4 rings (SSSR count). The van der Waals surface area contributed by atoms with E-state index < -0.39 is 9.20 Å². The summed E-state index contributed by atoms with van der Waals surface area (Å²) < 4.78 is 22.2. The van der Waals surface area contributed by atoms with Crippen molar-refractivity contribution >= 4 is 40.4 Å². The third-order valence-electron chi connectivity index (χ3n) is 4.97. The third kappa shape index (κ3) is 8.50. The van der Waals surface area contributed by atoms with Crippen LogP contribution in [0, 0.1) is 0 Å². The van der Waals surface area contributed by atoms with E-state index in [1.165, 1.54) is 0 Å². The van der Waals surface area contributed by atoms with Crippen LogP contribution in [0.25, 0.3) is 33.8 Å². The molecule has 0 aliphatic heterocycles. The standard InChI is InChI=1S/C26H23O4.4ClH.Fe/c1-27-22-10-4-18(5-11-22)21-16-25(19-6-12-23(28-2)13-7-19)30-26(17-21)20-8-14-24(29-3)15-9-20;;;;;/h4-17H,1-3H3;4*1H;/q+1;;;;;+3/p-4. The molecule has 9 heteroatoms. The molecule has 187 valence electrons. The molecule has 0 aliphatic carbocycles. The Labute approximate surface area is 224 Å². The van der Waals surface area contributed by atoms with Crippen LogP contribution in [-0.4, -0.2) is 21.3 Å². The van der Waals surface area contributed by atoms with Gasteiger partial charge in [-0.05, 0) is 66.2 Å². The molecule has 0 atom stereocenters. The molecule has 4 nitrogen and oxygen atoms in total. The van der Waals surface area contributed by atoms with Crippen LogP contribution < -0.4 is 14.2 Å². The van der Waals surface area contributed by atoms with E-state index in [9.17, 15) is 0 Å². The van der Waals surface area contributed by atoms with Crippen LogP contribution in [0.15, 0.2) is 89.3 Å². The van der Waals surface area contributed by atoms with E-state index in [0.29, 0.717) is 0 Å². The first-order chi connectivity index (χ1) is 16.7. The van der Waals surface area contributed by atoms with Crippen molar-refractivity contribution in [2.24, 2.45) is 0 Å². The molecule has 0 unspecified atom stereocenters. The summed E-state index contributed by atoms with van der Waals surface area (Å²) >= 11 is 0. The zero-order valence-corrected chi connectivity index (χ0v) is 23.2. The van der Waals surface area contributed by atoms with Gasteiger partial charge in [-0.15, -0.1) is 0 Å². The average molecular weight is 597 g/mol. The Hall–Kier alpha value is -2.11. The second kappa shape index (κ2) is 12.7. The fourth-order valence-corrected chi connectivity index (χ4v) is 3.25. The minimum absolute atomic E-state index is 0.775. The van der Waals surface area contributed by atoms with Crippen LogP contribution in [-0.2, 0) is 9.20 Å². The van der Waals surface area contributed by atoms with Crippen molar-refractivity contribution in [1.82, 2.24) is 0 Å². The topological polar surface area (TPSA) is 39.0 Å². The van der Waals surface area contributed by atoms with Gasteiger partial charge in [0.15, 0.2) is 0 Å². The van der Waals surface area contributed by atoms with Crippen molar-refractivity contribution < 1.29 is 27.8 Å². The summed E-state index contributed by atoms with van der Waals surface area (Å²) in [5, 5.41) is 0. The maximum absolute atomic E-state index is 6.30. The van der Waals surface area contributed by atoms with Gasteiger partial charge in [0.2, 0.25) is 0 Å². The van der Waals surface area contributed by atoms with Crippen molar-refractivity contribution in [3.05, 3.63) is 84.9 Å². The first-order valence-corrected chi connectivity index (χ1v) is 16.2. The number of methoxy groups -OCH3 is 3. The zero-order valence-electron chi connectivity index (χ0n) is 19.1. The van der Waals surface area contributed by atoms with E-state index in [1.807, 2.05) is 72.8 Å². The molecule has 0 spiro atoms. The van der Waals surface area contributed by atoms with Gasteiger partial charge in [-0.25, -0.2) is 4.42 Å². The van der Waals surface area contributed by atoms with E-state index in [2.05, 4.69) is 12.1 Å². The van der Waals surface area contributed by atoms with Gasteiger partial charge < -0.3 is 14.2 Å². The van der Waals surface area contributed by atoms with Gasteiger partial charge in [-0.1, -0.05) is 12.1 Å². The van der Waals surface area contributed by atoms with E-state index in [1.54, 1.807) is 21.3 Å². The molecule has 0 N–H and O–H groups in total. The predicted octanol–water partition coefficient (Wildman–Crippen LogP) is 9.34. The van der Waals surface area contributed by atoms with Crippen molar-refractivity contribution in [3.63, 3.8) is 0 Å². The quantitative estimate of drug-likeness (QED) is 0.164. The molecule has 0 aliphatic rings. The van der Waals surface area contributed by atoms with Gasteiger partial charge in [0.1, 0.15) is 17.2 Å². The van der Waals surface area contributed by atoms with Crippen molar-refractivity contribution in [2.45, 2.75) is 0 Å². The normalized spacial score (nSPS) is 11.2. The molecule has 4 aromatic rings. The number of hydrogen-bond acceptors (Lipinski definition) is 3. The third-order valence-corrected chi connectivity index (χ3v) is 4.97. The Morgan fingerprint density at radius 3 is 1.06 bits per heavy atom. The molecule has 0 saturated heterocycles. The molecule has 1 aromatic heterocycles. The van der Waals surface area contributed by atoms with E-state index >= 15 is 0 Å². The molecular formula is C26H23Cl4FeO4. The first-order valence-electron chi connectivity index (χ1n) is 10.1. The second-order valence-corrected chi connectivity index (χ2v) is 18.0. The Balaban J connectivity index is 0.000000623. The van der Waals surface area contributed by atoms with E-state index in [0.717, 1.165) is 51.0 Å². The number of ether oxygens (including phenoxy) is 3. The van der Waals surface area contributed by atoms with Gasteiger partial charge in [0.25, 0.3) is 0 Å². The molecule has 0 amide bonds. The molecule has 0 fully saturated rings. The van der Waals surface area contributed by atoms with Gasteiger partial charge in [-0.2, -0.15) is 0 Å². The molecule has 1 heterocycles. The van der Waals surface area contributed by atoms with Crippen LogP contribution in [0.1, 0.15) is 0 Å². The molecule has 35 heavy (non-hydrogen) atoms. The SMILES string of the molecule is COc1ccc(-c2cc(-c3ccc(OC)cc3)[o+]c(-c3ccc(OC)cc3)c2)cc1.[Cl][Fe-]([Cl])([Cl])[Cl]. The van der Waals surface area contributed by atoms with E-state index in [-0.39, 0.29) is 0 Å². The van der Waals surface area contributed by atoms with Crippen LogP contribution in [0.4, 0.5) is 0 Å². The summed E-state index contributed by atoms with van der Waals surface area (Å²) in [6, 6.07) is 27.8. The van der Waals surface area contributed by atoms with Gasteiger partial charge >= 0.3 is 61.1 Å². The van der Waals surface area contributed by atoms with Gasteiger partial charge in [0, 0.05) is 5.56 Å². The average Bonchev–Trinajstić information content (AvgIpc) is 2.87. The van der Waals surface area contributed by atoms with Crippen LogP contribution in [0.2, 0.25) is 0 Å². The zero-order chi connectivity index (χ0) is 25.4. The van der Waals surface area contributed by atoms with Crippen LogP contribution >= 0.6 is 40.4 Å². The fourth-order valence-electron chi connectivity index (χ4n) is 3.25. The Morgan fingerprint density at radius 1 is 0.486 bits per heavy atom. The Morgan fingerprint density at radius 2 is 0.771 bits per heavy atom. The Kier molecular flexibility index (Phi) is 9.99. The molecule has 0 saturated carbocycles. The van der Waals surface area contributed by atoms with Crippen LogP contribution in [0.3, 0.4) is 0 Å². The van der Waals surface area contributed by atoms with Gasteiger partial charge in [-0.3, -0.25) is 0 Å². The fraction of sp³-hybridized carbons (Fsp3) is 0.115. The van der Waals surface area contributed by atoms with Crippen molar-refractivity contribution in [2.75, 3.05) is 21.3 Å². The number of halogens is 4. The molecular weight excluding hydrogens is 574 g/mol. The summed E-state index contributed by atoms with van der Waals surface area (Å²) in [6.07, 6.45) is 0. The minimum atomic E-state index is -2.61. The number of hydrogen-bond donors (Lipinski definition) is 0. The van der Waals surface area contributed by atoms with Crippen molar-refractivity contribution in [1.29, 1.82) is 0 Å². The number of benzene rings is 3. The van der Waals surface area contributed by atoms with Crippen molar-refractivity contribution in [3.8, 4) is 51.0 Å². The maximum atomic E-state index is 6.30. The molecule has 0 bridgehead atoms. The first kappa shape index (κ1) is 27.5. The monoisotopic (exact) mass is 595 g/mol. The molecule has 3 aromatic carbocycles. The summed E-state index contributed by atoms with van der Waals surface area (Å²) in [7, 11) is 22.2. The molecule has 0 radical (unpaired) electrons. The number of rotatable bonds is 6. The summed E-state index contributed by atoms with van der Waals surface area (Å²) in [6.45, 7) is 0.